The van der Waals surface area contributed by atoms with Crippen LogP contribution >= 0.6 is 0 Å². The number of halogens is 1. The molecule has 0 aromatic heterocycles. The largest absolute Gasteiger partial charge is 0.492 e. The Balaban J connectivity index is 1.70. The van der Waals surface area contributed by atoms with Crippen molar-refractivity contribution < 1.29 is 27.1 Å². The SMILES string of the molecule is CN(c1ccc(OCC(=O)NCCOc2ccc(F)cc2)cc1)S(C)(=O)=O. The number of benzene rings is 2. The Bertz CT molecular complexity index is 854. The van der Waals surface area contributed by atoms with Gasteiger partial charge in [-0.1, -0.05) is 0 Å². The van der Waals surface area contributed by atoms with Crippen LogP contribution in [-0.2, 0) is 14.8 Å². The van der Waals surface area contributed by atoms with Crippen LogP contribution < -0.4 is 19.1 Å². The van der Waals surface area contributed by atoms with Crippen molar-refractivity contribution in [2.24, 2.45) is 0 Å². The van der Waals surface area contributed by atoms with Gasteiger partial charge in [-0.2, -0.15) is 0 Å². The van der Waals surface area contributed by atoms with Gasteiger partial charge in [0.15, 0.2) is 6.61 Å². The Morgan fingerprint density at radius 1 is 1.04 bits per heavy atom. The summed E-state index contributed by atoms with van der Waals surface area (Å²) in [6.45, 7) is 0.333. The fourth-order valence-electron chi connectivity index (χ4n) is 2.03. The maximum Gasteiger partial charge on any atom is 0.258 e. The number of nitrogens with zero attached hydrogens (tertiary/aromatic N) is 1. The summed E-state index contributed by atoms with van der Waals surface area (Å²) >= 11 is 0. The van der Waals surface area contributed by atoms with E-state index in [0.29, 0.717) is 17.2 Å². The predicted octanol–water partition coefficient (Wildman–Crippen LogP) is 1.80. The minimum Gasteiger partial charge on any atom is -0.492 e. The molecule has 7 nitrogen and oxygen atoms in total. The summed E-state index contributed by atoms with van der Waals surface area (Å²) in [7, 11) is -1.88. The number of hydrogen-bond acceptors (Lipinski definition) is 5. The molecule has 0 aliphatic heterocycles. The second-order valence-electron chi connectivity index (χ2n) is 5.67. The summed E-state index contributed by atoms with van der Waals surface area (Å²) in [5.41, 5.74) is 0.493. The van der Waals surface area contributed by atoms with Gasteiger partial charge in [-0.15, -0.1) is 0 Å². The molecule has 0 saturated carbocycles. The number of amides is 1. The van der Waals surface area contributed by atoms with Crippen LogP contribution in [0.2, 0.25) is 0 Å². The molecule has 0 fully saturated rings. The van der Waals surface area contributed by atoms with Crippen LogP contribution in [0.5, 0.6) is 11.5 Å². The Kier molecular flexibility index (Phi) is 7.00. The van der Waals surface area contributed by atoms with Gasteiger partial charge in [0.25, 0.3) is 5.91 Å². The first-order valence-electron chi connectivity index (χ1n) is 8.07. The lowest BCUT2D eigenvalue weighted by atomic mass is 10.3. The van der Waals surface area contributed by atoms with Gasteiger partial charge in [0.05, 0.1) is 18.5 Å². The maximum absolute atomic E-state index is 12.8. The summed E-state index contributed by atoms with van der Waals surface area (Å²) in [6, 6.07) is 11.9. The van der Waals surface area contributed by atoms with E-state index < -0.39 is 10.0 Å². The monoisotopic (exact) mass is 396 g/mol. The van der Waals surface area contributed by atoms with E-state index in [1.165, 1.54) is 31.3 Å². The molecule has 9 heteroatoms. The van der Waals surface area contributed by atoms with Crippen LogP contribution in [-0.4, -0.2) is 47.4 Å². The molecule has 146 valence electrons. The van der Waals surface area contributed by atoms with E-state index >= 15 is 0 Å². The second-order valence-corrected chi connectivity index (χ2v) is 7.68. The molecule has 0 aliphatic carbocycles. The number of anilines is 1. The molecule has 0 bridgehead atoms. The molecule has 0 spiro atoms. The van der Waals surface area contributed by atoms with Crippen LogP contribution in [0.4, 0.5) is 10.1 Å². The molecule has 1 amide bonds. The van der Waals surface area contributed by atoms with Crippen molar-refractivity contribution in [1.82, 2.24) is 5.32 Å². The zero-order valence-electron chi connectivity index (χ0n) is 15.0. The number of hydrogen-bond donors (Lipinski definition) is 1. The van der Waals surface area contributed by atoms with Crippen molar-refractivity contribution >= 4 is 21.6 Å². The Morgan fingerprint density at radius 2 is 1.59 bits per heavy atom. The van der Waals surface area contributed by atoms with Crippen LogP contribution in [0.15, 0.2) is 48.5 Å². The third-order valence-electron chi connectivity index (χ3n) is 3.57. The van der Waals surface area contributed by atoms with E-state index in [1.54, 1.807) is 24.3 Å². The number of nitrogens with one attached hydrogen (secondary N) is 1. The average molecular weight is 396 g/mol. The summed E-state index contributed by atoms with van der Waals surface area (Å²) in [4.78, 5) is 11.8. The lowest BCUT2D eigenvalue weighted by molar-refractivity contribution is -0.123. The number of sulfonamides is 1. The van der Waals surface area contributed by atoms with Crippen molar-refractivity contribution in [2.75, 3.05) is 37.4 Å². The third-order valence-corrected chi connectivity index (χ3v) is 4.78. The highest BCUT2D eigenvalue weighted by Gasteiger charge is 2.11. The molecule has 2 aromatic rings. The van der Waals surface area contributed by atoms with E-state index in [1.807, 2.05) is 0 Å². The van der Waals surface area contributed by atoms with Gasteiger partial charge in [-0.3, -0.25) is 9.10 Å². The number of carbonyl (C=O) groups excluding carboxylic acids is 1. The van der Waals surface area contributed by atoms with Gasteiger partial charge in [-0.05, 0) is 48.5 Å². The third kappa shape index (κ3) is 6.78. The lowest BCUT2D eigenvalue weighted by Crippen LogP contribution is -2.32. The second kappa shape index (κ2) is 9.22. The molecule has 1 N–H and O–H groups in total. The van der Waals surface area contributed by atoms with Crippen molar-refractivity contribution in [3.63, 3.8) is 0 Å². The first kappa shape index (κ1) is 20.5. The van der Waals surface area contributed by atoms with E-state index in [4.69, 9.17) is 9.47 Å². The highest BCUT2D eigenvalue weighted by atomic mass is 32.2. The highest BCUT2D eigenvalue weighted by Crippen LogP contribution is 2.20. The first-order valence-corrected chi connectivity index (χ1v) is 9.92. The molecule has 27 heavy (non-hydrogen) atoms. The van der Waals surface area contributed by atoms with Crippen molar-refractivity contribution in [3.8, 4) is 11.5 Å². The smallest absolute Gasteiger partial charge is 0.258 e. The maximum atomic E-state index is 12.8. The first-order chi connectivity index (χ1) is 12.8. The summed E-state index contributed by atoms with van der Waals surface area (Å²) in [5.74, 6) is 0.290. The Hall–Kier alpha value is -2.81. The van der Waals surface area contributed by atoms with Crippen molar-refractivity contribution in [2.45, 2.75) is 0 Å². The molecule has 0 atom stereocenters. The fraction of sp³-hybridized carbons (Fsp3) is 0.278. The van der Waals surface area contributed by atoms with Gasteiger partial charge in [0, 0.05) is 7.05 Å². The standard InChI is InChI=1S/C18H21FN2O5S/c1-21(27(2,23)24)15-5-9-17(10-6-15)26-13-18(22)20-11-12-25-16-7-3-14(19)4-8-16/h3-10H,11-13H2,1-2H3,(H,20,22). The molecule has 0 aliphatic rings. The van der Waals surface area contributed by atoms with Gasteiger partial charge in [0.1, 0.15) is 23.9 Å². The Morgan fingerprint density at radius 3 is 2.19 bits per heavy atom. The highest BCUT2D eigenvalue weighted by molar-refractivity contribution is 7.92. The average Bonchev–Trinajstić information content (AvgIpc) is 2.64. The number of rotatable bonds is 9. The molecule has 2 aromatic carbocycles. The van der Waals surface area contributed by atoms with Gasteiger partial charge >= 0.3 is 0 Å². The molecule has 0 saturated heterocycles. The number of ether oxygens (including phenoxy) is 2. The van der Waals surface area contributed by atoms with Crippen LogP contribution in [0.3, 0.4) is 0 Å². The molecule has 0 radical (unpaired) electrons. The van der Waals surface area contributed by atoms with E-state index in [0.717, 1.165) is 10.6 Å². The molecular formula is C18H21FN2O5S. The summed E-state index contributed by atoms with van der Waals surface area (Å²) in [6.07, 6.45) is 1.11. The topological polar surface area (TPSA) is 84.9 Å². The van der Waals surface area contributed by atoms with Gasteiger partial charge in [-0.25, -0.2) is 12.8 Å². The fourth-order valence-corrected chi connectivity index (χ4v) is 2.54. The predicted molar refractivity (Wildman–Crippen MR) is 100 cm³/mol. The zero-order valence-corrected chi connectivity index (χ0v) is 15.8. The van der Waals surface area contributed by atoms with Gasteiger partial charge < -0.3 is 14.8 Å². The molecule has 2 rings (SSSR count). The summed E-state index contributed by atoms with van der Waals surface area (Å²) in [5, 5.41) is 2.63. The van der Waals surface area contributed by atoms with Crippen LogP contribution in [0, 0.1) is 5.82 Å². The van der Waals surface area contributed by atoms with Gasteiger partial charge in [0.2, 0.25) is 10.0 Å². The Labute approximate surface area is 157 Å². The van der Waals surface area contributed by atoms with Crippen LogP contribution in [0.25, 0.3) is 0 Å². The summed E-state index contributed by atoms with van der Waals surface area (Å²) < 4.78 is 47.6. The molecular weight excluding hydrogens is 375 g/mol. The van der Waals surface area contributed by atoms with Crippen LogP contribution in [0.1, 0.15) is 0 Å². The lowest BCUT2D eigenvalue weighted by Gasteiger charge is -2.16. The zero-order chi connectivity index (χ0) is 19.9. The minimum absolute atomic E-state index is 0.183. The molecule has 0 unspecified atom stereocenters. The van der Waals surface area contributed by atoms with E-state index in [-0.39, 0.29) is 31.5 Å². The quantitative estimate of drug-likeness (QED) is 0.654. The van der Waals surface area contributed by atoms with E-state index in [2.05, 4.69) is 5.32 Å². The normalized spacial score (nSPS) is 10.9. The van der Waals surface area contributed by atoms with Crippen molar-refractivity contribution in [3.05, 3.63) is 54.3 Å². The number of carbonyl (C=O) groups is 1. The van der Waals surface area contributed by atoms with Crippen molar-refractivity contribution in [1.29, 1.82) is 0 Å². The van der Waals surface area contributed by atoms with E-state index in [9.17, 15) is 17.6 Å². The minimum atomic E-state index is -3.33. The molecule has 0 heterocycles.